The highest BCUT2D eigenvalue weighted by Gasteiger charge is 2.08. The Labute approximate surface area is 95.3 Å². The zero-order valence-corrected chi connectivity index (χ0v) is 9.73. The molecule has 2 rings (SSSR count). The molecular formula is C12H17N3O. The molecule has 0 atom stereocenters. The zero-order valence-electron chi connectivity index (χ0n) is 9.73. The van der Waals surface area contributed by atoms with E-state index in [1.54, 1.807) is 6.20 Å². The van der Waals surface area contributed by atoms with Crippen molar-refractivity contribution in [3.8, 4) is 11.5 Å². The van der Waals surface area contributed by atoms with E-state index in [-0.39, 0.29) is 0 Å². The molecule has 0 aliphatic heterocycles. The molecule has 16 heavy (non-hydrogen) atoms. The Morgan fingerprint density at radius 2 is 2.19 bits per heavy atom. The summed E-state index contributed by atoms with van der Waals surface area (Å²) in [6, 6.07) is 5.97. The van der Waals surface area contributed by atoms with Crippen LogP contribution in [0, 0.1) is 0 Å². The molecule has 0 saturated carbocycles. The Bertz CT molecular complexity index is 445. The van der Waals surface area contributed by atoms with Crippen molar-refractivity contribution >= 4 is 0 Å². The number of aryl methyl sites for hydroxylation is 1. The molecule has 4 nitrogen and oxygen atoms in total. The van der Waals surface area contributed by atoms with Crippen LogP contribution in [0.2, 0.25) is 0 Å². The third-order valence-corrected chi connectivity index (χ3v) is 2.48. The zero-order chi connectivity index (χ0) is 11.4. The van der Waals surface area contributed by atoms with Gasteiger partial charge in [0.25, 0.3) is 0 Å². The monoisotopic (exact) mass is 219 g/mol. The first kappa shape index (κ1) is 11.0. The number of hydrogen-bond donors (Lipinski definition) is 1. The molecule has 0 aromatic carbocycles. The molecule has 4 heteroatoms. The number of nitrogens with zero attached hydrogens (tertiary/aromatic N) is 2. The first-order valence-corrected chi connectivity index (χ1v) is 5.66. The maximum absolute atomic E-state index is 5.75. The molecule has 0 bridgehead atoms. The van der Waals surface area contributed by atoms with Crippen molar-refractivity contribution in [2.24, 2.45) is 0 Å². The summed E-state index contributed by atoms with van der Waals surface area (Å²) < 4.78 is 7.68. The summed E-state index contributed by atoms with van der Waals surface area (Å²) in [6.07, 6.45) is 1.80. The third kappa shape index (κ3) is 2.17. The Morgan fingerprint density at radius 1 is 1.31 bits per heavy atom. The molecule has 1 N–H and O–H groups in total. The molecule has 2 aromatic rings. The Morgan fingerprint density at radius 3 is 2.94 bits per heavy atom. The molecular weight excluding hydrogens is 202 g/mol. The van der Waals surface area contributed by atoms with Gasteiger partial charge in [0.1, 0.15) is 11.5 Å². The minimum absolute atomic E-state index is 0.775. The van der Waals surface area contributed by atoms with E-state index in [1.807, 2.05) is 22.9 Å². The molecule has 0 amide bonds. The van der Waals surface area contributed by atoms with Gasteiger partial charge in [-0.15, -0.1) is 0 Å². The van der Waals surface area contributed by atoms with E-state index >= 15 is 0 Å². The summed E-state index contributed by atoms with van der Waals surface area (Å²) in [5.41, 5.74) is 1.03. The lowest BCUT2D eigenvalue weighted by atomic mass is 10.3. The van der Waals surface area contributed by atoms with E-state index in [4.69, 9.17) is 4.42 Å². The van der Waals surface area contributed by atoms with Crippen molar-refractivity contribution in [3.63, 3.8) is 0 Å². The molecule has 0 spiro atoms. The minimum Gasteiger partial charge on any atom is -0.458 e. The van der Waals surface area contributed by atoms with Crippen LogP contribution in [0.25, 0.3) is 11.5 Å². The van der Waals surface area contributed by atoms with Crippen LogP contribution in [0.5, 0.6) is 0 Å². The molecule has 0 unspecified atom stereocenters. The van der Waals surface area contributed by atoms with E-state index in [0.717, 1.165) is 36.8 Å². The van der Waals surface area contributed by atoms with Crippen molar-refractivity contribution in [3.05, 3.63) is 30.2 Å². The first-order valence-electron chi connectivity index (χ1n) is 5.66. The van der Waals surface area contributed by atoms with Gasteiger partial charge in [-0.25, -0.2) is 0 Å². The number of hydrogen-bond acceptors (Lipinski definition) is 3. The van der Waals surface area contributed by atoms with Gasteiger partial charge in [0.2, 0.25) is 0 Å². The smallest absolute Gasteiger partial charge is 0.152 e. The van der Waals surface area contributed by atoms with E-state index < -0.39 is 0 Å². The Kier molecular flexibility index (Phi) is 3.41. The molecule has 2 aromatic heterocycles. The number of nitrogens with one attached hydrogen (secondary N) is 1. The largest absolute Gasteiger partial charge is 0.458 e. The van der Waals surface area contributed by atoms with Crippen molar-refractivity contribution in [1.29, 1.82) is 0 Å². The molecule has 86 valence electrons. The second-order valence-electron chi connectivity index (χ2n) is 3.58. The van der Waals surface area contributed by atoms with Crippen molar-refractivity contribution in [2.75, 3.05) is 6.54 Å². The van der Waals surface area contributed by atoms with Gasteiger partial charge in [-0.2, -0.15) is 5.10 Å². The molecule has 0 radical (unpaired) electrons. The lowest BCUT2D eigenvalue weighted by Gasteiger charge is -2.01. The maximum atomic E-state index is 5.75. The van der Waals surface area contributed by atoms with Gasteiger partial charge in [0.15, 0.2) is 5.76 Å². The van der Waals surface area contributed by atoms with Gasteiger partial charge in [-0.3, -0.25) is 4.68 Å². The summed E-state index contributed by atoms with van der Waals surface area (Å²) in [5, 5.41) is 7.46. The summed E-state index contributed by atoms with van der Waals surface area (Å²) in [7, 11) is 0. The Hall–Kier alpha value is -1.55. The average Bonchev–Trinajstić information content (AvgIpc) is 2.94. The predicted molar refractivity (Wildman–Crippen MR) is 63.0 cm³/mol. The van der Waals surface area contributed by atoms with Crippen LogP contribution >= 0.6 is 0 Å². The number of rotatable bonds is 5. The molecule has 0 aliphatic carbocycles. The van der Waals surface area contributed by atoms with E-state index in [9.17, 15) is 0 Å². The summed E-state index contributed by atoms with van der Waals surface area (Å²) in [5.74, 6) is 1.84. The fourth-order valence-corrected chi connectivity index (χ4v) is 1.65. The predicted octanol–water partition coefficient (Wildman–Crippen LogP) is 2.27. The second kappa shape index (κ2) is 4.99. The fourth-order valence-electron chi connectivity index (χ4n) is 1.65. The highest BCUT2D eigenvalue weighted by atomic mass is 16.3. The van der Waals surface area contributed by atoms with Gasteiger partial charge in [-0.05, 0) is 31.7 Å². The molecule has 0 fully saturated rings. The third-order valence-electron chi connectivity index (χ3n) is 2.48. The number of aromatic nitrogens is 2. The van der Waals surface area contributed by atoms with Gasteiger partial charge in [0, 0.05) is 12.7 Å². The summed E-state index contributed by atoms with van der Waals surface area (Å²) in [6.45, 7) is 6.72. The van der Waals surface area contributed by atoms with Crippen molar-refractivity contribution in [1.82, 2.24) is 15.1 Å². The van der Waals surface area contributed by atoms with E-state index in [2.05, 4.69) is 24.3 Å². The van der Waals surface area contributed by atoms with E-state index in [0.29, 0.717) is 0 Å². The molecule has 2 heterocycles. The Balaban J connectivity index is 2.18. The normalized spacial score (nSPS) is 10.9. The van der Waals surface area contributed by atoms with Gasteiger partial charge < -0.3 is 9.73 Å². The maximum Gasteiger partial charge on any atom is 0.152 e. The van der Waals surface area contributed by atoms with E-state index in [1.165, 1.54) is 0 Å². The van der Waals surface area contributed by atoms with Crippen LogP contribution in [-0.4, -0.2) is 16.3 Å². The van der Waals surface area contributed by atoms with Crippen molar-refractivity contribution < 1.29 is 4.42 Å². The standard InChI is InChI=1S/C12H17N3O/c1-3-13-9-10-5-6-12(16-10)11-7-8-14-15(11)4-2/h5-8,13H,3-4,9H2,1-2H3. The lowest BCUT2D eigenvalue weighted by molar-refractivity contribution is 0.492. The fraction of sp³-hybridized carbons (Fsp3) is 0.417. The first-order chi connectivity index (χ1) is 7.85. The summed E-state index contributed by atoms with van der Waals surface area (Å²) >= 11 is 0. The van der Waals surface area contributed by atoms with Gasteiger partial charge in [0.05, 0.1) is 6.54 Å². The van der Waals surface area contributed by atoms with Crippen LogP contribution in [0.15, 0.2) is 28.8 Å². The quantitative estimate of drug-likeness (QED) is 0.838. The van der Waals surface area contributed by atoms with Gasteiger partial charge in [-0.1, -0.05) is 6.92 Å². The topological polar surface area (TPSA) is 43.0 Å². The second-order valence-corrected chi connectivity index (χ2v) is 3.58. The molecule has 0 aliphatic rings. The van der Waals surface area contributed by atoms with Crippen LogP contribution in [-0.2, 0) is 13.1 Å². The molecule has 0 saturated heterocycles. The van der Waals surface area contributed by atoms with Gasteiger partial charge >= 0.3 is 0 Å². The summed E-state index contributed by atoms with van der Waals surface area (Å²) in [4.78, 5) is 0. The highest BCUT2D eigenvalue weighted by molar-refractivity contribution is 5.52. The lowest BCUT2D eigenvalue weighted by Crippen LogP contribution is -2.10. The highest BCUT2D eigenvalue weighted by Crippen LogP contribution is 2.21. The van der Waals surface area contributed by atoms with Crippen LogP contribution in [0.1, 0.15) is 19.6 Å². The van der Waals surface area contributed by atoms with Crippen molar-refractivity contribution in [2.45, 2.75) is 26.9 Å². The number of furan rings is 1. The van der Waals surface area contributed by atoms with Crippen LogP contribution in [0.4, 0.5) is 0 Å². The van der Waals surface area contributed by atoms with Crippen LogP contribution < -0.4 is 5.32 Å². The average molecular weight is 219 g/mol. The SMILES string of the molecule is CCNCc1ccc(-c2ccnn2CC)o1. The van der Waals surface area contributed by atoms with Crippen LogP contribution in [0.3, 0.4) is 0 Å². The minimum atomic E-state index is 0.775.